The number of carbonyl (C=O) groups excluding carboxylic acids is 1. The second-order valence-corrected chi connectivity index (χ2v) is 6.61. The van der Waals surface area contributed by atoms with Gasteiger partial charge in [0.15, 0.2) is 0 Å². The van der Waals surface area contributed by atoms with Crippen LogP contribution in [0.1, 0.15) is 9.88 Å². The van der Waals surface area contributed by atoms with Gasteiger partial charge in [0.2, 0.25) is 5.91 Å². The highest BCUT2D eigenvalue weighted by molar-refractivity contribution is 7.12. The van der Waals surface area contributed by atoms with Gasteiger partial charge in [-0.15, -0.1) is 11.3 Å². The molecule has 0 atom stereocenters. The van der Waals surface area contributed by atoms with Crippen LogP contribution in [0.25, 0.3) is 11.3 Å². The Hall–Kier alpha value is -2.25. The molecule has 1 amide bonds. The molecule has 0 unspecified atom stereocenters. The van der Waals surface area contributed by atoms with E-state index in [2.05, 4.69) is 20.4 Å². The van der Waals surface area contributed by atoms with E-state index in [4.69, 9.17) is 11.6 Å². The van der Waals surface area contributed by atoms with Crippen molar-refractivity contribution in [1.29, 1.82) is 0 Å². The Kier molecular flexibility index (Phi) is 4.68. The van der Waals surface area contributed by atoms with E-state index in [0.29, 0.717) is 11.6 Å². The van der Waals surface area contributed by atoms with E-state index < -0.39 is 0 Å². The fraction of sp³-hybridized carbons (Fsp3) is 0.200. The van der Waals surface area contributed by atoms with Gasteiger partial charge in [-0.1, -0.05) is 23.7 Å². The number of hydrogen-bond acceptors (Lipinski definition) is 5. The van der Waals surface area contributed by atoms with Crippen molar-refractivity contribution >= 4 is 28.8 Å². The summed E-state index contributed by atoms with van der Waals surface area (Å²) in [7, 11) is 0. The van der Waals surface area contributed by atoms with Crippen LogP contribution in [0, 0.1) is 6.92 Å². The molecule has 2 aromatic heterocycles. The van der Waals surface area contributed by atoms with Crippen LogP contribution in [-0.4, -0.2) is 25.7 Å². The normalized spacial score (nSPS) is 10.7. The molecular formula is C15H14ClN5OS. The van der Waals surface area contributed by atoms with Crippen LogP contribution >= 0.6 is 22.9 Å². The van der Waals surface area contributed by atoms with Gasteiger partial charge < -0.3 is 5.32 Å². The molecule has 1 N–H and O–H groups in total. The number of aromatic nitrogens is 4. The molecule has 23 heavy (non-hydrogen) atoms. The SMILES string of the molecule is Cc1sc(CNC(=O)Cn2cncn2)nc1-c1ccc(Cl)cc1. The van der Waals surface area contributed by atoms with E-state index >= 15 is 0 Å². The van der Waals surface area contributed by atoms with Gasteiger partial charge in [0.1, 0.15) is 24.2 Å². The van der Waals surface area contributed by atoms with Gasteiger partial charge in [0, 0.05) is 15.5 Å². The molecule has 0 saturated carbocycles. The molecule has 6 nitrogen and oxygen atoms in total. The third kappa shape index (κ3) is 3.94. The molecule has 118 valence electrons. The van der Waals surface area contributed by atoms with Gasteiger partial charge in [-0.3, -0.25) is 4.79 Å². The topological polar surface area (TPSA) is 72.7 Å². The predicted octanol–water partition coefficient (Wildman–Crippen LogP) is 2.68. The zero-order chi connectivity index (χ0) is 16.2. The number of amides is 1. The van der Waals surface area contributed by atoms with Crippen LogP contribution < -0.4 is 5.32 Å². The van der Waals surface area contributed by atoms with E-state index in [0.717, 1.165) is 21.1 Å². The van der Waals surface area contributed by atoms with E-state index in [1.54, 1.807) is 11.3 Å². The second-order valence-electron chi connectivity index (χ2n) is 4.89. The number of benzene rings is 1. The standard InChI is InChI=1S/C15H14ClN5OS/c1-10-15(11-2-4-12(16)5-3-11)20-14(23-10)6-18-13(22)7-21-9-17-8-19-21/h2-5,8-9H,6-7H2,1H3,(H,18,22). The smallest absolute Gasteiger partial charge is 0.242 e. The highest BCUT2D eigenvalue weighted by Crippen LogP contribution is 2.28. The lowest BCUT2D eigenvalue weighted by Gasteiger charge is -2.02. The van der Waals surface area contributed by atoms with Crippen molar-refractivity contribution in [3.05, 3.63) is 51.8 Å². The fourth-order valence-corrected chi connectivity index (χ4v) is 3.11. The number of rotatable bonds is 5. The average molecular weight is 348 g/mol. The van der Waals surface area contributed by atoms with E-state index in [1.165, 1.54) is 17.3 Å². The van der Waals surface area contributed by atoms with Crippen molar-refractivity contribution in [2.24, 2.45) is 0 Å². The van der Waals surface area contributed by atoms with Crippen molar-refractivity contribution in [2.75, 3.05) is 0 Å². The summed E-state index contributed by atoms with van der Waals surface area (Å²) in [5.41, 5.74) is 1.94. The lowest BCUT2D eigenvalue weighted by molar-refractivity contribution is -0.122. The Labute approximate surface area is 142 Å². The molecule has 2 heterocycles. The molecule has 0 aliphatic heterocycles. The minimum absolute atomic E-state index is 0.128. The first-order valence-corrected chi connectivity index (χ1v) is 8.12. The lowest BCUT2D eigenvalue weighted by atomic mass is 10.1. The minimum atomic E-state index is -0.128. The Morgan fingerprint density at radius 2 is 2.13 bits per heavy atom. The molecule has 1 aromatic carbocycles. The van der Waals surface area contributed by atoms with Crippen LogP contribution in [0.3, 0.4) is 0 Å². The summed E-state index contributed by atoms with van der Waals surface area (Å²) in [5.74, 6) is -0.128. The van der Waals surface area contributed by atoms with Crippen LogP contribution in [0.2, 0.25) is 5.02 Å². The van der Waals surface area contributed by atoms with Gasteiger partial charge in [0.05, 0.1) is 12.2 Å². The Bertz CT molecular complexity index is 798. The first kappa shape index (κ1) is 15.6. The third-order valence-electron chi connectivity index (χ3n) is 3.17. The molecule has 0 aliphatic carbocycles. The fourth-order valence-electron chi connectivity index (χ4n) is 2.09. The Morgan fingerprint density at radius 3 is 2.83 bits per heavy atom. The first-order chi connectivity index (χ1) is 11.1. The molecule has 3 rings (SSSR count). The average Bonchev–Trinajstić information content (AvgIpc) is 3.16. The molecular weight excluding hydrogens is 334 g/mol. The quantitative estimate of drug-likeness (QED) is 0.770. The summed E-state index contributed by atoms with van der Waals surface area (Å²) in [6, 6.07) is 7.57. The van der Waals surface area contributed by atoms with Crippen molar-refractivity contribution in [3.63, 3.8) is 0 Å². The molecule has 0 aliphatic rings. The number of thiazole rings is 1. The van der Waals surface area contributed by atoms with E-state index in [-0.39, 0.29) is 12.5 Å². The van der Waals surface area contributed by atoms with Crippen LogP contribution in [0.4, 0.5) is 0 Å². The van der Waals surface area contributed by atoms with Crippen molar-refractivity contribution in [3.8, 4) is 11.3 Å². The predicted molar refractivity (Wildman–Crippen MR) is 89.2 cm³/mol. The zero-order valence-electron chi connectivity index (χ0n) is 12.4. The maximum atomic E-state index is 11.8. The van der Waals surface area contributed by atoms with Crippen LogP contribution in [0.5, 0.6) is 0 Å². The summed E-state index contributed by atoms with van der Waals surface area (Å²) < 4.78 is 1.47. The molecule has 0 bridgehead atoms. The van der Waals surface area contributed by atoms with Gasteiger partial charge in [-0.05, 0) is 19.1 Å². The maximum Gasteiger partial charge on any atom is 0.242 e. The van der Waals surface area contributed by atoms with E-state index in [1.807, 2.05) is 31.2 Å². The summed E-state index contributed by atoms with van der Waals surface area (Å²) in [4.78, 5) is 21.4. The van der Waals surface area contributed by atoms with Gasteiger partial charge >= 0.3 is 0 Å². The number of carbonyl (C=O) groups is 1. The number of nitrogens with one attached hydrogen (secondary N) is 1. The summed E-state index contributed by atoms with van der Waals surface area (Å²) in [5, 5.41) is 8.29. The molecule has 0 saturated heterocycles. The van der Waals surface area contributed by atoms with Crippen molar-refractivity contribution in [2.45, 2.75) is 20.0 Å². The number of halogens is 1. The molecule has 0 fully saturated rings. The van der Waals surface area contributed by atoms with Crippen molar-refractivity contribution < 1.29 is 4.79 Å². The molecule has 3 aromatic rings. The Morgan fingerprint density at radius 1 is 1.35 bits per heavy atom. The third-order valence-corrected chi connectivity index (χ3v) is 4.39. The highest BCUT2D eigenvalue weighted by atomic mass is 35.5. The molecule has 8 heteroatoms. The Balaban J connectivity index is 1.64. The minimum Gasteiger partial charge on any atom is -0.348 e. The summed E-state index contributed by atoms with van der Waals surface area (Å²) >= 11 is 7.48. The number of nitrogens with zero attached hydrogens (tertiary/aromatic N) is 4. The zero-order valence-corrected chi connectivity index (χ0v) is 13.9. The summed E-state index contributed by atoms with van der Waals surface area (Å²) in [6.07, 6.45) is 2.90. The van der Waals surface area contributed by atoms with Gasteiger partial charge in [0.25, 0.3) is 0 Å². The monoisotopic (exact) mass is 347 g/mol. The van der Waals surface area contributed by atoms with Gasteiger partial charge in [-0.25, -0.2) is 14.6 Å². The molecule has 0 radical (unpaired) electrons. The maximum absolute atomic E-state index is 11.8. The highest BCUT2D eigenvalue weighted by Gasteiger charge is 2.11. The molecule has 0 spiro atoms. The number of aryl methyl sites for hydroxylation is 1. The van der Waals surface area contributed by atoms with Crippen molar-refractivity contribution in [1.82, 2.24) is 25.1 Å². The first-order valence-electron chi connectivity index (χ1n) is 6.93. The lowest BCUT2D eigenvalue weighted by Crippen LogP contribution is -2.27. The van der Waals surface area contributed by atoms with E-state index in [9.17, 15) is 4.79 Å². The summed E-state index contributed by atoms with van der Waals surface area (Å²) in [6.45, 7) is 2.56. The second kappa shape index (κ2) is 6.89. The van der Waals surface area contributed by atoms with Crippen LogP contribution in [-0.2, 0) is 17.9 Å². The largest absolute Gasteiger partial charge is 0.348 e. The van der Waals surface area contributed by atoms with Crippen LogP contribution in [0.15, 0.2) is 36.9 Å². The van der Waals surface area contributed by atoms with Gasteiger partial charge in [-0.2, -0.15) is 5.10 Å². The number of hydrogen-bond donors (Lipinski definition) is 1.